The fourth-order valence-corrected chi connectivity index (χ4v) is 1.68. The molecule has 0 spiro atoms. The van der Waals surface area contributed by atoms with E-state index in [2.05, 4.69) is 29.4 Å². The fourth-order valence-electron chi connectivity index (χ4n) is 1.68. The quantitative estimate of drug-likeness (QED) is 0.751. The summed E-state index contributed by atoms with van der Waals surface area (Å²) >= 11 is 0. The van der Waals surface area contributed by atoms with E-state index in [1.165, 1.54) is 24.1 Å². The van der Waals surface area contributed by atoms with Crippen LogP contribution in [0.25, 0.3) is 0 Å². The average Bonchev–Trinajstić information content (AvgIpc) is 2.87. The Bertz CT molecular complexity index is 286. The van der Waals surface area contributed by atoms with Gasteiger partial charge in [0.1, 0.15) is 0 Å². The minimum atomic E-state index is 0.714. The molecule has 1 aliphatic carbocycles. The van der Waals surface area contributed by atoms with Gasteiger partial charge in [0, 0.05) is 23.7 Å². The van der Waals surface area contributed by atoms with Crippen molar-refractivity contribution in [3.8, 4) is 0 Å². The topological polar surface area (TPSA) is 40.7 Å². The van der Waals surface area contributed by atoms with Crippen LogP contribution < -0.4 is 5.32 Å². The lowest BCUT2D eigenvalue weighted by molar-refractivity contribution is 0.551. The molecule has 0 unspecified atom stereocenters. The summed E-state index contributed by atoms with van der Waals surface area (Å²) in [6, 6.07) is 0. The maximum absolute atomic E-state index is 4.12. The first-order chi connectivity index (χ1) is 6.77. The van der Waals surface area contributed by atoms with Crippen LogP contribution in [0.4, 0.5) is 0 Å². The van der Waals surface area contributed by atoms with E-state index in [1.807, 2.05) is 6.20 Å². The van der Waals surface area contributed by atoms with Gasteiger partial charge in [0.25, 0.3) is 0 Å². The highest BCUT2D eigenvalue weighted by Crippen LogP contribution is 2.40. The van der Waals surface area contributed by atoms with Crippen molar-refractivity contribution >= 4 is 0 Å². The normalized spacial score (nSPS) is 16.5. The third kappa shape index (κ3) is 2.35. The lowest BCUT2D eigenvalue weighted by Gasteiger charge is -2.07. The highest BCUT2D eigenvalue weighted by Gasteiger charge is 2.27. The number of hydrogen-bond donors (Lipinski definition) is 2. The van der Waals surface area contributed by atoms with Crippen molar-refractivity contribution < 1.29 is 0 Å². The molecule has 0 saturated heterocycles. The Morgan fingerprint density at radius 3 is 3.00 bits per heavy atom. The molecule has 1 saturated carbocycles. The summed E-state index contributed by atoms with van der Waals surface area (Å²) in [7, 11) is 0. The van der Waals surface area contributed by atoms with E-state index in [1.54, 1.807) is 0 Å². The Morgan fingerprint density at radius 1 is 1.57 bits per heavy atom. The van der Waals surface area contributed by atoms with E-state index in [4.69, 9.17) is 0 Å². The summed E-state index contributed by atoms with van der Waals surface area (Å²) in [6.07, 6.45) is 4.62. The number of hydrogen-bond acceptors (Lipinski definition) is 2. The van der Waals surface area contributed by atoms with Crippen LogP contribution in [-0.2, 0) is 6.54 Å². The molecule has 1 aliphatic rings. The van der Waals surface area contributed by atoms with E-state index < -0.39 is 0 Å². The molecule has 1 aromatic heterocycles. The first-order valence-electron chi connectivity index (χ1n) is 5.50. The zero-order valence-corrected chi connectivity index (χ0v) is 9.01. The molecular formula is C11H19N3. The lowest BCUT2D eigenvalue weighted by Crippen LogP contribution is -2.19. The van der Waals surface area contributed by atoms with E-state index in [0.717, 1.165) is 19.0 Å². The number of nitrogens with zero attached hydrogens (tertiary/aromatic N) is 1. The van der Waals surface area contributed by atoms with Gasteiger partial charge < -0.3 is 5.32 Å². The van der Waals surface area contributed by atoms with E-state index in [-0.39, 0.29) is 0 Å². The average molecular weight is 193 g/mol. The van der Waals surface area contributed by atoms with Crippen LogP contribution in [0.5, 0.6) is 0 Å². The standard InChI is InChI=1S/C11H19N3/c1-8(2)5-12-6-10-7-13-14-11(10)9-3-4-9/h7-9,12H,3-6H2,1-2H3,(H,13,14). The van der Waals surface area contributed by atoms with Crippen LogP contribution in [0.15, 0.2) is 6.20 Å². The van der Waals surface area contributed by atoms with Crippen molar-refractivity contribution in [3.63, 3.8) is 0 Å². The Kier molecular flexibility index (Phi) is 2.87. The van der Waals surface area contributed by atoms with Gasteiger partial charge >= 0.3 is 0 Å². The number of aromatic nitrogens is 2. The molecule has 3 nitrogen and oxygen atoms in total. The maximum atomic E-state index is 4.12. The van der Waals surface area contributed by atoms with Crippen LogP contribution in [0.3, 0.4) is 0 Å². The molecule has 2 rings (SSSR count). The Balaban J connectivity index is 1.85. The molecule has 2 N–H and O–H groups in total. The van der Waals surface area contributed by atoms with Gasteiger partial charge in [0.15, 0.2) is 0 Å². The number of rotatable bonds is 5. The van der Waals surface area contributed by atoms with Crippen molar-refractivity contribution in [2.45, 2.75) is 39.2 Å². The molecule has 1 heterocycles. The third-order valence-corrected chi connectivity index (χ3v) is 2.60. The summed E-state index contributed by atoms with van der Waals surface area (Å²) in [4.78, 5) is 0. The monoisotopic (exact) mass is 193 g/mol. The minimum Gasteiger partial charge on any atom is -0.312 e. The first-order valence-corrected chi connectivity index (χ1v) is 5.50. The number of aromatic amines is 1. The molecule has 3 heteroatoms. The highest BCUT2D eigenvalue weighted by molar-refractivity contribution is 5.23. The zero-order chi connectivity index (χ0) is 9.97. The van der Waals surface area contributed by atoms with Gasteiger partial charge in [0.05, 0.1) is 6.20 Å². The first kappa shape index (κ1) is 9.71. The molecule has 0 aliphatic heterocycles. The van der Waals surface area contributed by atoms with E-state index in [9.17, 15) is 0 Å². The van der Waals surface area contributed by atoms with Gasteiger partial charge in [-0.3, -0.25) is 5.10 Å². The van der Waals surface area contributed by atoms with Crippen LogP contribution >= 0.6 is 0 Å². The SMILES string of the molecule is CC(C)CNCc1cn[nH]c1C1CC1. The Morgan fingerprint density at radius 2 is 2.36 bits per heavy atom. The van der Waals surface area contributed by atoms with Gasteiger partial charge in [-0.1, -0.05) is 13.8 Å². The second-order valence-corrected chi connectivity index (χ2v) is 4.61. The molecule has 14 heavy (non-hydrogen) atoms. The third-order valence-electron chi connectivity index (χ3n) is 2.60. The van der Waals surface area contributed by atoms with Crippen LogP contribution in [-0.4, -0.2) is 16.7 Å². The molecule has 0 aromatic carbocycles. The lowest BCUT2D eigenvalue weighted by atomic mass is 10.1. The van der Waals surface area contributed by atoms with Crippen molar-refractivity contribution in [2.75, 3.05) is 6.54 Å². The fraction of sp³-hybridized carbons (Fsp3) is 0.727. The predicted octanol–water partition coefficient (Wildman–Crippen LogP) is 2.03. The molecule has 0 radical (unpaired) electrons. The van der Waals surface area contributed by atoms with Gasteiger partial charge in [-0.15, -0.1) is 0 Å². The van der Waals surface area contributed by atoms with Crippen LogP contribution in [0.1, 0.15) is 43.9 Å². The van der Waals surface area contributed by atoms with Crippen LogP contribution in [0.2, 0.25) is 0 Å². The summed E-state index contributed by atoms with van der Waals surface area (Å²) in [5, 5.41) is 10.7. The molecule has 78 valence electrons. The van der Waals surface area contributed by atoms with Gasteiger partial charge in [-0.25, -0.2) is 0 Å². The Hall–Kier alpha value is -0.830. The highest BCUT2D eigenvalue weighted by atomic mass is 15.1. The molecular weight excluding hydrogens is 174 g/mol. The smallest absolute Gasteiger partial charge is 0.0535 e. The molecule has 1 aromatic rings. The van der Waals surface area contributed by atoms with Gasteiger partial charge in [0.2, 0.25) is 0 Å². The van der Waals surface area contributed by atoms with Gasteiger partial charge in [-0.2, -0.15) is 5.10 Å². The van der Waals surface area contributed by atoms with Gasteiger partial charge in [-0.05, 0) is 25.3 Å². The minimum absolute atomic E-state index is 0.714. The zero-order valence-electron chi connectivity index (χ0n) is 9.01. The molecule has 1 fully saturated rings. The molecule has 0 amide bonds. The molecule has 0 bridgehead atoms. The summed E-state index contributed by atoms with van der Waals surface area (Å²) in [6.45, 7) is 6.49. The van der Waals surface area contributed by atoms with Crippen molar-refractivity contribution in [3.05, 3.63) is 17.5 Å². The Labute approximate surface area is 85.3 Å². The number of H-pyrrole nitrogens is 1. The summed E-state index contributed by atoms with van der Waals surface area (Å²) in [5.41, 5.74) is 2.72. The van der Waals surface area contributed by atoms with Crippen LogP contribution in [0, 0.1) is 5.92 Å². The van der Waals surface area contributed by atoms with Crippen molar-refractivity contribution in [1.29, 1.82) is 0 Å². The predicted molar refractivity (Wildman–Crippen MR) is 57.1 cm³/mol. The second-order valence-electron chi connectivity index (χ2n) is 4.61. The van der Waals surface area contributed by atoms with E-state index >= 15 is 0 Å². The molecule has 0 atom stereocenters. The number of nitrogens with one attached hydrogen (secondary N) is 2. The second kappa shape index (κ2) is 4.13. The maximum Gasteiger partial charge on any atom is 0.0535 e. The summed E-state index contributed by atoms with van der Waals surface area (Å²) < 4.78 is 0. The summed E-state index contributed by atoms with van der Waals surface area (Å²) in [5.74, 6) is 1.49. The van der Waals surface area contributed by atoms with Crippen molar-refractivity contribution in [1.82, 2.24) is 15.5 Å². The van der Waals surface area contributed by atoms with E-state index in [0.29, 0.717) is 5.92 Å². The largest absolute Gasteiger partial charge is 0.312 e. The van der Waals surface area contributed by atoms with Crippen molar-refractivity contribution in [2.24, 2.45) is 5.92 Å².